The molecule has 0 amide bonds. The Bertz CT molecular complexity index is 727. The molecule has 0 aromatic carbocycles. The number of aromatic nitrogens is 6. The van der Waals surface area contributed by atoms with Gasteiger partial charge in [-0.1, -0.05) is 0 Å². The Labute approximate surface area is 117 Å². The maximum Gasteiger partial charge on any atom is 0.177 e. The van der Waals surface area contributed by atoms with Gasteiger partial charge in [0, 0.05) is 19.3 Å². The van der Waals surface area contributed by atoms with E-state index in [0.29, 0.717) is 6.04 Å². The molecule has 1 fully saturated rings. The van der Waals surface area contributed by atoms with Crippen LogP contribution in [-0.4, -0.2) is 42.7 Å². The summed E-state index contributed by atoms with van der Waals surface area (Å²) in [5, 5.41) is 16.5. The van der Waals surface area contributed by atoms with Gasteiger partial charge in [-0.25, -0.2) is 0 Å². The van der Waals surface area contributed by atoms with E-state index in [4.69, 9.17) is 0 Å². The summed E-state index contributed by atoms with van der Waals surface area (Å²) in [7, 11) is 0. The number of hydrogen-bond donors (Lipinski definition) is 0. The van der Waals surface area contributed by atoms with Crippen LogP contribution in [0.25, 0.3) is 5.65 Å². The summed E-state index contributed by atoms with van der Waals surface area (Å²) >= 11 is 3.41. The van der Waals surface area contributed by atoms with E-state index in [1.165, 1.54) is 0 Å². The van der Waals surface area contributed by atoms with E-state index in [9.17, 15) is 0 Å². The lowest BCUT2D eigenvalue weighted by Gasteiger charge is -2.39. The lowest BCUT2D eigenvalue weighted by Crippen LogP contribution is -2.48. The van der Waals surface area contributed by atoms with Gasteiger partial charge in [0.05, 0.1) is 16.7 Å². The van der Waals surface area contributed by atoms with Gasteiger partial charge < -0.3 is 4.90 Å². The van der Waals surface area contributed by atoms with Crippen molar-refractivity contribution >= 4 is 27.4 Å². The van der Waals surface area contributed by atoms with Gasteiger partial charge in [-0.3, -0.25) is 4.68 Å². The topological polar surface area (TPSA) is 64.1 Å². The van der Waals surface area contributed by atoms with Crippen LogP contribution in [0, 0.1) is 0 Å². The molecular weight excluding hydrogens is 310 g/mol. The van der Waals surface area contributed by atoms with Crippen molar-refractivity contribution < 1.29 is 0 Å². The van der Waals surface area contributed by atoms with Crippen molar-refractivity contribution in [2.24, 2.45) is 0 Å². The second-order valence-electron chi connectivity index (χ2n) is 4.52. The smallest absolute Gasteiger partial charge is 0.177 e. The third-order valence-electron chi connectivity index (χ3n) is 3.28. The Kier molecular flexibility index (Phi) is 2.31. The summed E-state index contributed by atoms with van der Waals surface area (Å²) in [4.78, 5) is 2.21. The number of nitrogens with zero attached hydrogens (tertiary/aromatic N) is 7. The van der Waals surface area contributed by atoms with E-state index in [0.717, 1.165) is 29.0 Å². The Hall–Kier alpha value is -1.96. The molecule has 19 heavy (non-hydrogen) atoms. The summed E-state index contributed by atoms with van der Waals surface area (Å²) in [6.45, 7) is 1.82. The summed E-state index contributed by atoms with van der Waals surface area (Å²) in [5.41, 5.74) is 0.761. The molecule has 0 saturated carbocycles. The summed E-state index contributed by atoms with van der Waals surface area (Å²) in [6, 6.07) is 4.30. The number of rotatable bonds is 2. The van der Waals surface area contributed by atoms with Gasteiger partial charge in [-0.15, -0.1) is 15.3 Å². The lowest BCUT2D eigenvalue weighted by molar-refractivity contribution is 0.365. The first-order valence-electron chi connectivity index (χ1n) is 5.91. The highest BCUT2D eigenvalue weighted by molar-refractivity contribution is 9.10. The maximum absolute atomic E-state index is 4.47. The minimum Gasteiger partial charge on any atom is -0.351 e. The Balaban J connectivity index is 1.53. The Morgan fingerprint density at radius 2 is 2.16 bits per heavy atom. The minimum atomic E-state index is 0.407. The maximum atomic E-state index is 4.47. The molecule has 1 aliphatic heterocycles. The molecule has 0 spiro atoms. The third kappa shape index (κ3) is 1.79. The SMILES string of the molecule is Brc1cnn(C2CN(c3ccc4nncn4n3)C2)c1. The molecule has 1 saturated heterocycles. The highest BCUT2D eigenvalue weighted by Crippen LogP contribution is 2.26. The summed E-state index contributed by atoms with van der Waals surface area (Å²) in [6.07, 6.45) is 5.42. The minimum absolute atomic E-state index is 0.407. The molecule has 4 heterocycles. The van der Waals surface area contributed by atoms with Crippen LogP contribution in [0.2, 0.25) is 0 Å². The average molecular weight is 320 g/mol. The van der Waals surface area contributed by atoms with Crippen LogP contribution in [-0.2, 0) is 0 Å². The molecule has 0 N–H and O–H groups in total. The van der Waals surface area contributed by atoms with Crippen molar-refractivity contribution in [1.29, 1.82) is 0 Å². The normalized spacial score (nSPS) is 15.9. The molecule has 4 rings (SSSR count). The molecule has 96 valence electrons. The van der Waals surface area contributed by atoms with Gasteiger partial charge in [0.2, 0.25) is 0 Å². The van der Waals surface area contributed by atoms with Crippen molar-refractivity contribution in [3.63, 3.8) is 0 Å². The summed E-state index contributed by atoms with van der Waals surface area (Å²) < 4.78 is 4.68. The van der Waals surface area contributed by atoms with Crippen LogP contribution >= 0.6 is 15.9 Å². The van der Waals surface area contributed by atoms with Crippen LogP contribution < -0.4 is 4.90 Å². The average Bonchev–Trinajstić information content (AvgIpc) is 2.96. The van der Waals surface area contributed by atoms with Gasteiger partial charge in [0.1, 0.15) is 12.1 Å². The van der Waals surface area contributed by atoms with Gasteiger partial charge in [-0.05, 0) is 28.1 Å². The molecule has 0 radical (unpaired) electrons. The van der Waals surface area contributed by atoms with Gasteiger partial charge >= 0.3 is 0 Å². The van der Waals surface area contributed by atoms with E-state index in [1.54, 1.807) is 10.8 Å². The monoisotopic (exact) mass is 319 g/mol. The quantitative estimate of drug-likeness (QED) is 0.709. The number of hydrogen-bond acceptors (Lipinski definition) is 5. The predicted molar refractivity (Wildman–Crippen MR) is 72.0 cm³/mol. The van der Waals surface area contributed by atoms with Crippen LogP contribution in [0.3, 0.4) is 0 Å². The standard InChI is InChI=1S/C11H10BrN7/c12-8-3-14-18(4-8)9-5-17(6-9)11-2-1-10-15-13-7-19(10)16-11/h1-4,7,9H,5-6H2. The van der Waals surface area contributed by atoms with Gasteiger partial charge in [-0.2, -0.15) is 9.61 Å². The fraction of sp³-hybridized carbons (Fsp3) is 0.273. The van der Waals surface area contributed by atoms with Crippen molar-refractivity contribution in [3.8, 4) is 0 Å². The zero-order chi connectivity index (χ0) is 12.8. The largest absolute Gasteiger partial charge is 0.351 e. The highest BCUT2D eigenvalue weighted by Gasteiger charge is 2.30. The first-order valence-corrected chi connectivity index (χ1v) is 6.70. The fourth-order valence-corrected chi connectivity index (χ4v) is 2.51. The van der Waals surface area contributed by atoms with Crippen LogP contribution in [0.1, 0.15) is 6.04 Å². The number of anilines is 1. The Morgan fingerprint density at radius 1 is 1.26 bits per heavy atom. The molecule has 7 nitrogen and oxygen atoms in total. The Morgan fingerprint density at radius 3 is 2.95 bits per heavy atom. The predicted octanol–water partition coefficient (Wildman–Crippen LogP) is 1.14. The first kappa shape index (κ1) is 10.9. The van der Waals surface area contributed by atoms with E-state index >= 15 is 0 Å². The molecule has 1 aliphatic rings. The van der Waals surface area contributed by atoms with E-state index < -0.39 is 0 Å². The summed E-state index contributed by atoms with van der Waals surface area (Å²) in [5.74, 6) is 0.940. The van der Waals surface area contributed by atoms with Crippen LogP contribution in [0.15, 0.2) is 35.3 Å². The van der Waals surface area contributed by atoms with Crippen molar-refractivity contribution in [3.05, 3.63) is 35.3 Å². The van der Waals surface area contributed by atoms with Gasteiger partial charge in [0.15, 0.2) is 5.65 Å². The van der Waals surface area contributed by atoms with Crippen LogP contribution in [0.5, 0.6) is 0 Å². The molecule has 3 aromatic heterocycles. The van der Waals surface area contributed by atoms with E-state index in [-0.39, 0.29) is 0 Å². The van der Waals surface area contributed by atoms with Crippen molar-refractivity contribution in [2.45, 2.75) is 6.04 Å². The van der Waals surface area contributed by atoms with Crippen molar-refractivity contribution in [2.75, 3.05) is 18.0 Å². The zero-order valence-corrected chi connectivity index (χ0v) is 11.5. The van der Waals surface area contributed by atoms with E-state index in [2.05, 4.69) is 41.2 Å². The van der Waals surface area contributed by atoms with Gasteiger partial charge in [0.25, 0.3) is 0 Å². The molecule has 0 aliphatic carbocycles. The lowest BCUT2D eigenvalue weighted by atomic mass is 10.1. The molecule has 0 atom stereocenters. The fourth-order valence-electron chi connectivity index (χ4n) is 2.21. The molecule has 8 heteroatoms. The number of halogens is 1. The van der Waals surface area contributed by atoms with Crippen LogP contribution in [0.4, 0.5) is 5.82 Å². The third-order valence-corrected chi connectivity index (χ3v) is 3.69. The highest BCUT2D eigenvalue weighted by atomic mass is 79.9. The first-order chi connectivity index (χ1) is 9.29. The van der Waals surface area contributed by atoms with E-state index in [1.807, 2.05) is 29.2 Å². The zero-order valence-electron chi connectivity index (χ0n) is 9.89. The second kappa shape index (κ2) is 4.02. The molecule has 0 bridgehead atoms. The van der Waals surface area contributed by atoms with Crippen molar-refractivity contribution in [1.82, 2.24) is 29.6 Å². The molecule has 0 unspecified atom stereocenters. The molecular formula is C11H10BrN7. The number of fused-ring (bicyclic) bond motifs is 1. The molecule has 3 aromatic rings. The second-order valence-corrected chi connectivity index (χ2v) is 5.44.